The number of nitrogens with two attached hydrogens (primary N) is 1. The number of aryl methyl sites for hydroxylation is 1. The van der Waals surface area contributed by atoms with E-state index in [2.05, 4.69) is 52.0 Å². The summed E-state index contributed by atoms with van der Waals surface area (Å²) >= 11 is 0. The fraction of sp³-hybridized carbons (Fsp3) is 0.350. The van der Waals surface area contributed by atoms with Crippen LogP contribution in [0, 0.1) is 12.3 Å². The fourth-order valence-corrected chi connectivity index (χ4v) is 2.86. The van der Waals surface area contributed by atoms with E-state index in [0.29, 0.717) is 0 Å². The van der Waals surface area contributed by atoms with Crippen LogP contribution in [-0.2, 0) is 10.2 Å². The quantitative estimate of drug-likeness (QED) is 0.893. The molecular formula is C20H25NO. The van der Waals surface area contributed by atoms with Crippen LogP contribution in [0.3, 0.4) is 0 Å². The Hall–Kier alpha value is -2.09. The molecule has 0 bridgehead atoms. The monoisotopic (exact) mass is 295 g/mol. The Morgan fingerprint density at radius 3 is 2.00 bits per heavy atom. The lowest BCUT2D eigenvalue weighted by Crippen LogP contribution is -2.48. The third kappa shape index (κ3) is 2.66. The lowest BCUT2D eigenvalue weighted by Gasteiger charge is -2.40. The summed E-state index contributed by atoms with van der Waals surface area (Å²) in [6.07, 6.45) is 0. The molecule has 0 aliphatic heterocycles. The lowest BCUT2D eigenvalue weighted by molar-refractivity contribution is -0.126. The highest BCUT2D eigenvalue weighted by molar-refractivity contribution is 5.87. The second-order valence-electron chi connectivity index (χ2n) is 7.13. The zero-order chi connectivity index (χ0) is 16.5. The predicted octanol–water partition coefficient (Wildman–Crippen LogP) is 4.45. The molecule has 1 atom stereocenters. The maximum atomic E-state index is 12.2. The van der Waals surface area contributed by atoms with Gasteiger partial charge in [-0.2, -0.15) is 0 Å². The van der Waals surface area contributed by atoms with E-state index in [1.54, 1.807) is 0 Å². The van der Waals surface area contributed by atoms with Gasteiger partial charge in [0.15, 0.2) is 0 Å². The molecule has 2 aromatic rings. The van der Waals surface area contributed by atoms with E-state index in [-0.39, 0.29) is 11.3 Å². The van der Waals surface area contributed by atoms with Crippen molar-refractivity contribution < 1.29 is 4.79 Å². The van der Waals surface area contributed by atoms with Gasteiger partial charge in [-0.25, -0.2) is 0 Å². The van der Waals surface area contributed by atoms with Crippen LogP contribution in [0.5, 0.6) is 0 Å². The first-order valence-electron chi connectivity index (χ1n) is 7.64. The second-order valence-corrected chi connectivity index (χ2v) is 7.13. The molecule has 2 N–H and O–H groups in total. The normalized spacial score (nSPS) is 14.4. The van der Waals surface area contributed by atoms with Gasteiger partial charge < -0.3 is 5.73 Å². The number of hydrogen-bond acceptors (Lipinski definition) is 1. The largest absolute Gasteiger partial charge is 0.369 e. The molecule has 116 valence electrons. The Morgan fingerprint density at radius 2 is 1.55 bits per heavy atom. The number of rotatable bonds is 3. The first-order valence-corrected chi connectivity index (χ1v) is 7.64. The van der Waals surface area contributed by atoms with Crippen LogP contribution in [0.2, 0.25) is 0 Å². The molecule has 2 aromatic carbocycles. The average Bonchev–Trinajstić information content (AvgIpc) is 2.45. The van der Waals surface area contributed by atoms with Crippen molar-refractivity contribution in [2.75, 3.05) is 0 Å². The number of primary amides is 1. The van der Waals surface area contributed by atoms with E-state index in [0.717, 1.165) is 11.1 Å². The van der Waals surface area contributed by atoms with Gasteiger partial charge in [-0.15, -0.1) is 0 Å². The predicted molar refractivity (Wildman–Crippen MR) is 92.6 cm³/mol. The van der Waals surface area contributed by atoms with Crippen molar-refractivity contribution in [3.63, 3.8) is 0 Å². The molecule has 0 aromatic heterocycles. The highest BCUT2D eigenvalue weighted by Gasteiger charge is 2.44. The Morgan fingerprint density at radius 1 is 0.955 bits per heavy atom. The van der Waals surface area contributed by atoms with Gasteiger partial charge in [-0.1, -0.05) is 69.3 Å². The first kappa shape index (κ1) is 16.3. The number of hydrogen-bond donors (Lipinski definition) is 1. The SMILES string of the molecule is Cc1cc(C(C)(C(N)=O)C(C)(C)C)ccc1-c1ccccc1. The van der Waals surface area contributed by atoms with Crippen molar-refractivity contribution in [2.45, 2.75) is 40.0 Å². The molecule has 2 nitrogen and oxygen atoms in total. The third-order valence-corrected chi connectivity index (χ3v) is 4.88. The summed E-state index contributed by atoms with van der Waals surface area (Å²) in [5, 5.41) is 0. The van der Waals surface area contributed by atoms with Crippen molar-refractivity contribution >= 4 is 5.91 Å². The van der Waals surface area contributed by atoms with Gasteiger partial charge in [-0.05, 0) is 41.5 Å². The molecule has 0 saturated carbocycles. The molecule has 0 spiro atoms. The summed E-state index contributed by atoms with van der Waals surface area (Å²) in [7, 11) is 0. The topological polar surface area (TPSA) is 43.1 Å². The van der Waals surface area contributed by atoms with Crippen molar-refractivity contribution in [3.8, 4) is 11.1 Å². The van der Waals surface area contributed by atoms with Crippen LogP contribution in [0.25, 0.3) is 11.1 Å². The number of carbonyl (C=O) groups excluding carboxylic acids is 1. The van der Waals surface area contributed by atoms with Gasteiger partial charge in [0.1, 0.15) is 0 Å². The zero-order valence-corrected chi connectivity index (χ0v) is 14.1. The molecule has 1 unspecified atom stereocenters. The summed E-state index contributed by atoms with van der Waals surface area (Å²) in [6, 6.07) is 16.5. The molecule has 22 heavy (non-hydrogen) atoms. The maximum Gasteiger partial charge on any atom is 0.228 e. The van der Waals surface area contributed by atoms with Crippen LogP contribution in [0.1, 0.15) is 38.8 Å². The minimum Gasteiger partial charge on any atom is -0.369 e. The van der Waals surface area contributed by atoms with Gasteiger partial charge in [0.25, 0.3) is 0 Å². The Balaban J connectivity index is 2.56. The van der Waals surface area contributed by atoms with E-state index in [1.807, 2.05) is 31.2 Å². The molecular weight excluding hydrogens is 270 g/mol. The number of benzene rings is 2. The molecule has 0 fully saturated rings. The van der Waals surface area contributed by atoms with Crippen LogP contribution < -0.4 is 5.73 Å². The van der Waals surface area contributed by atoms with E-state index in [9.17, 15) is 4.79 Å². The molecule has 0 aliphatic rings. The van der Waals surface area contributed by atoms with Gasteiger partial charge in [0.05, 0.1) is 5.41 Å². The van der Waals surface area contributed by atoms with Gasteiger partial charge >= 0.3 is 0 Å². The minimum atomic E-state index is -0.701. The van der Waals surface area contributed by atoms with Crippen LogP contribution in [0.15, 0.2) is 48.5 Å². The first-order chi connectivity index (χ1) is 10.2. The average molecular weight is 295 g/mol. The van der Waals surface area contributed by atoms with Crippen molar-refractivity contribution in [3.05, 3.63) is 59.7 Å². The Labute approximate surface area is 133 Å². The standard InChI is InChI=1S/C20H25NO/c1-14-13-16(20(5,18(21)22)19(2,3)4)11-12-17(14)15-9-7-6-8-10-15/h6-13H,1-5H3,(H2,21,22). The zero-order valence-electron chi connectivity index (χ0n) is 14.1. The summed E-state index contributed by atoms with van der Waals surface area (Å²) < 4.78 is 0. The van der Waals surface area contributed by atoms with Gasteiger partial charge in [-0.3, -0.25) is 4.79 Å². The van der Waals surface area contributed by atoms with Gasteiger partial charge in [0.2, 0.25) is 5.91 Å². The second kappa shape index (κ2) is 5.60. The lowest BCUT2D eigenvalue weighted by atomic mass is 9.63. The number of amides is 1. The van der Waals surface area contributed by atoms with Crippen LogP contribution >= 0.6 is 0 Å². The summed E-state index contributed by atoms with van der Waals surface area (Å²) in [6.45, 7) is 10.2. The highest BCUT2D eigenvalue weighted by atomic mass is 16.1. The summed E-state index contributed by atoms with van der Waals surface area (Å²) in [5.74, 6) is -0.285. The number of carbonyl (C=O) groups is 1. The molecule has 2 rings (SSSR count). The minimum absolute atomic E-state index is 0.250. The third-order valence-electron chi connectivity index (χ3n) is 4.88. The van der Waals surface area contributed by atoms with E-state index < -0.39 is 5.41 Å². The van der Waals surface area contributed by atoms with Crippen molar-refractivity contribution in [2.24, 2.45) is 11.1 Å². The van der Waals surface area contributed by atoms with Crippen molar-refractivity contribution in [1.29, 1.82) is 0 Å². The van der Waals surface area contributed by atoms with Gasteiger partial charge in [0, 0.05) is 0 Å². The summed E-state index contributed by atoms with van der Waals surface area (Å²) in [5.41, 5.74) is 9.30. The Bertz CT molecular complexity index is 683. The van der Waals surface area contributed by atoms with Crippen LogP contribution in [0.4, 0.5) is 0 Å². The molecule has 0 radical (unpaired) electrons. The molecule has 0 heterocycles. The smallest absolute Gasteiger partial charge is 0.228 e. The summed E-state index contributed by atoms with van der Waals surface area (Å²) in [4.78, 5) is 12.2. The fourth-order valence-electron chi connectivity index (χ4n) is 2.86. The van der Waals surface area contributed by atoms with Crippen LogP contribution in [-0.4, -0.2) is 5.91 Å². The van der Waals surface area contributed by atoms with E-state index in [1.165, 1.54) is 11.1 Å². The maximum absolute atomic E-state index is 12.2. The van der Waals surface area contributed by atoms with Crippen molar-refractivity contribution in [1.82, 2.24) is 0 Å². The molecule has 2 heteroatoms. The van der Waals surface area contributed by atoms with E-state index in [4.69, 9.17) is 5.73 Å². The highest BCUT2D eigenvalue weighted by Crippen LogP contribution is 2.42. The van der Waals surface area contributed by atoms with E-state index >= 15 is 0 Å². The molecule has 0 saturated heterocycles. The Kier molecular flexibility index (Phi) is 4.15. The molecule has 1 amide bonds. The molecule has 0 aliphatic carbocycles.